The van der Waals surface area contributed by atoms with E-state index in [4.69, 9.17) is 0 Å². The van der Waals surface area contributed by atoms with E-state index in [0.717, 1.165) is 74.5 Å². The second-order valence-corrected chi connectivity index (χ2v) is 14.5. The van der Waals surface area contributed by atoms with Gasteiger partial charge in [0.05, 0.1) is 17.1 Å². The van der Waals surface area contributed by atoms with Crippen LogP contribution < -0.4 is 26.2 Å². The Balaban J connectivity index is 1.30. The number of nitrogens with one attached hydrogen (secondary N) is 3. The normalized spacial score (nSPS) is 17.1. The Morgan fingerprint density at radius 1 is 0.976 bits per heavy atom. The summed E-state index contributed by atoms with van der Waals surface area (Å²) in [5.74, 6) is 0.717. The highest BCUT2D eigenvalue weighted by molar-refractivity contribution is 7.70. The average molecular weight is 589 g/mol. The van der Waals surface area contributed by atoms with Crippen LogP contribution in [0.15, 0.2) is 67.4 Å². The van der Waals surface area contributed by atoms with E-state index in [1.54, 1.807) is 25.6 Å². The van der Waals surface area contributed by atoms with Crippen molar-refractivity contribution in [2.24, 2.45) is 0 Å². The Morgan fingerprint density at radius 2 is 1.71 bits per heavy atom. The summed E-state index contributed by atoms with van der Waals surface area (Å²) in [7, 11) is -0.291. The number of hydrogen-bond acceptors (Lipinski definition) is 9. The molecule has 2 fully saturated rings. The maximum absolute atomic E-state index is 12.8. The fraction of sp³-hybridized carbons (Fsp3) is 0.387. The molecule has 222 valence electrons. The Labute approximate surface area is 248 Å². The van der Waals surface area contributed by atoms with Gasteiger partial charge >= 0.3 is 0 Å². The van der Waals surface area contributed by atoms with Crippen molar-refractivity contribution < 1.29 is 9.36 Å². The molecule has 0 aliphatic carbocycles. The minimum Gasteiger partial charge on any atom is -0.370 e. The molecule has 0 unspecified atom stereocenters. The first kappa shape index (κ1) is 29.8. The summed E-state index contributed by atoms with van der Waals surface area (Å²) in [4.78, 5) is 28.7. The number of likely N-dealkylation sites (N-methyl/N-ethyl adjacent to an activating group) is 1. The average Bonchev–Trinajstić information content (AvgIpc) is 2.98. The number of hydrogen-bond donors (Lipinski definition) is 3. The number of carbonyl (C=O) groups excluding carboxylic acids is 1. The van der Waals surface area contributed by atoms with E-state index in [9.17, 15) is 9.36 Å². The largest absolute Gasteiger partial charge is 0.370 e. The van der Waals surface area contributed by atoms with E-state index < -0.39 is 7.14 Å². The highest BCUT2D eigenvalue weighted by Gasteiger charge is 2.28. The zero-order chi connectivity index (χ0) is 29.7. The lowest BCUT2D eigenvalue weighted by Crippen LogP contribution is -2.52. The van der Waals surface area contributed by atoms with E-state index in [1.807, 2.05) is 42.5 Å². The van der Waals surface area contributed by atoms with Crippen molar-refractivity contribution in [1.82, 2.24) is 19.8 Å². The molecule has 0 radical (unpaired) electrons. The van der Waals surface area contributed by atoms with Crippen molar-refractivity contribution in [3.63, 3.8) is 0 Å². The van der Waals surface area contributed by atoms with Gasteiger partial charge in [-0.1, -0.05) is 18.7 Å². The number of carbonyl (C=O) groups is 1. The molecule has 2 aliphatic heterocycles. The van der Waals surface area contributed by atoms with Gasteiger partial charge in [0.2, 0.25) is 11.9 Å². The Bertz CT molecular complexity index is 1460. The highest BCUT2D eigenvalue weighted by Crippen LogP contribution is 2.38. The molecule has 0 atom stereocenters. The Hall–Kier alpha value is -3.72. The fourth-order valence-corrected chi connectivity index (χ4v) is 6.79. The van der Waals surface area contributed by atoms with Gasteiger partial charge < -0.3 is 30.3 Å². The van der Waals surface area contributed by atoms with Crippen LogP contribution in [0, 0.1) is 0 Å². The molecule has 2 aromatic carbocycles. The van der Waals surface area contributed by atoms with Crippen LogP contribution >= 0.6 is 7.14 Å². The van der Waals surface area contributed by atoms with Gasteiger partial charge in [-0.15, -0.1) is 0 Å². The Morgan fingerprint density at radius 3 is 2.43 bits per heavy atom. The third-order valence-electron chi connectivity index (χ3n) is 7.96. The first-order valence-corrected chi connectivity index (χ1v) is 17.1. The summed E-state index contributed by atoms with van der Waals surface area (Å²) in [6, 6.07) is 15.9. The van der Waals surface area contributed by atoms with Crippen LogP contribution in [0.25, 0.3) is 0 Å². The summed E-state index contributed by atoms with van der Waals surface area (Å²) in [5.41, 5.74) is 3.21. The fourth-order valence-electron chi connectivity index (χ4n) is 5.64. The van der Waals surface area contributed by atoms with Gasteiger partial charge in [-0.3, -0.25) is 9.69 Å². The number of aromatic nitrogens is 2. The monoisotopic (exact) mass is 588 g/mol. The van der Waals surface area contributed by atoms with Gasteiger partial charge in [-0.05, 0) is 75.7 Å². The van der Waals surface area contributed by atoms with Crippen LogP contribution in [-0.4, -0.2) is 91.4 Å². The molecule has 0 spiro atoms. The number of piperidine rings is 1. The van der Waals surface area contributed by atoms with Crippen LogP contribution in [0.5, 0.6) is 0 Å². The summed E-state index contributed by atoms with van der Waals surface area (Å²) in [6.07, 6.45) is 5.14. The van der Waals surface area contributed by atoms with Crippen molar-refractivity contribution in [3.8, 4) is 0 Å². The molecular weight excluding hydrogens is 547 g/mol. The van der Waals surface area contributed by atoms with Crippen LogP contribution in [0.4, 0.5) is 34.5 Å². The third-order valence-corrected chi connectivity index (χ3v) is 9.51. The topological polar surface area (TPSA) is 106 Å². The van der Waals surface area contributed by atoms with Gasteiger partial charge in [0, 0.05) is 62.5 Å². The van der Waals surface area contributed by atoms with Crippen molar-refractivity contribution in [1.29, 1.82) is 0 Å². The molecule has 11 heteroatoms. The van der Waals surface area contributed by atoms with Gasteiger partial charge in [0.15, 0.2) is 0 Å². The molecule has 1 amide bonds. The minimum atomic E-state index is -2.48. The minimum absolute atomic E-state index is 0.258. The van der Waals surface area contributed by atoms with Crippen molar-refractivity contribution >= 4 is 52.9 Å². The molecule has 3 aromatic rings. The van der Waals surface area contributed by atoms with E-state index in [-0.39, 0.29) is 5.91 Å². The summed E-state index contributed by atoms with van der Waals surface area (Å²) >= 11 is 0. The van der Waals surface area contributed by atoms with Crippen molar-refractivity contribution in [2.45, 2.75) is 18.9 Å². The number of piperazine rings is 1. The molecule has 3 N–H and O–H groups in total. The van der Waals surface area contributed by atoms with Crippen LogP contribution in [0.1, 0.15) is 12.8 Å². The molecule has 5 rings (SSSR count). The zero-order valence-corrected chi connectivity index (χ0v) is 25.6. The standard InChI is InChI=1S/C31H41N8O2P/c1-5-30(40)35-26-22-23(10-11-27(26)39-16-13-24(14-17-39)38-20-18-37(2)19-21-38)33-31-32-15-12-29(36-31)34-25-8-6-7-9-28(25)42(3,4)41/h5-12,15,22,24H,1,13-14,16-21H2,2-4H3,(H,35,40)(H2,32,33,34,36). The third kappa shape index (κ3) is 7.37. The lowest BCUT2D eigenvalue weighted by Gasteiger charge is -2.43. The molecule has 2 saturated heterocycles. The van der Waals surface area contributed by atoms with E-state index in [2.05, 4.69) is 54.2 Å². The molecular formula is C31H41N8O2P. The molecule has 1 aromatic heterocycles. The number of amides is 1. The van der Waals surface area contributed by atoms with E-state index >= 15 is 0 Å². The van der Waals surface area contributed by atoms with Crippen LogP contribution in [0.3, 0.4) is 0 Å². The SMILES string of the molecule is C=CC(=O)Nc1cc(Nc2nccc(Nc3ccccc3P(C)(C)=O)n2)ccc1N1CCC(N2CCN(C)CC2)CC1. The maximum atomic E-state index is 12.8. The first-order chi connectivity index (χ1) is 20.2. The van der Waals surface area contributed by atoms with Gasteiger partial charge in [-0.25, -0.2) is 4.98 Å². The molecule has 3 heterocycles. The lowest BCUT2D eigenvalue weighted by molar-refractivity contribution is -0.111. The van der Waals surface area contributed by atoms with E-state index in [1.165, 1.54) is 6.08 Å². The second kappa shape index (κ2) is 13.1. The number of nitrogens with zero attached hydrogens (tertiary/aromatic N) is 5. The number of benzene rings is 2. The smallest absolute Gasteiger partial charge is 0.247 e. The van der Waals surface area contributed by atoms with Crippen molar-refractivity contribution in [2.75, 3.05) is 80.5 Å². The summed E-state index contributed by atoms with van der Waals surface area (Å²) < 4.78 is 12.8. The summed E-state index contributed by atoms with van der Waals surface area (Å²) in [6.45, 7) is 13.5. The number of anilines is 6. The van der Waals surface area contributed by atoms with Gasteiger partial charge in [0.25, 0.3) is 0 Å². The maximum Gasteiger partial charge on any atom is 0.247 e. The highest BCUT2D eigenvalue weighted by atomic mass is 31.2. The Kier molecular flexibility index (Phi) is 9.26. The molecule has 10 nitrogen and oxygen atoms in total. The van der Waals surface area contributed by atoms with Crippen LogP contribution in [0.2, 0.25) is 0 Å². The number of para-hydroxylation sites is 1. The first-order valence-electron chi connectivity index (χ1n) is 14.5. The van der Waals surface area contributed by atoms with Crippen LogP contribution in [-0.2, 0) is 9.36 Å². The predicted molar refractivity (Wildman–Crippen MR) is 174 cm³/mol. The molecule has 42 heavy (non-hydrogen) atoms. The number of rotatable bonds is 9. The van der Waals surface area contributed by atoms with Gasteiger partial charge in [-0.2, -0.15) is 4.98 Å². The molecule has 0 saturated carbocycles. The van der Waals surface area contributed by atoms with Crippen molar-refractivity contribution in [3.05, 3.63) is 67.4 Å². The summed E-state index contributed by atoms with van der Waals surface area (Å²) in [5, 5.41) is 10.3. The second-order valence-electron chi connectivity index (χ2n) is 11.4. The molecule has 0 bridgehead atoms. The zero-order valence-electron chi connectivity index (χ0n) is 24.7. The van der Waals surface area contributed by atoms with Gasteiger partial charge in [0.1, 0.15) is 13.0 Å². The quantitative estimate of drug-likeness (QED) is 0.245. The predicted octanol–water partition coefficient (Wildman–Crippen LogP) is 4.55. The van der Waals surface area contributed by atoms with E-state index in [0.29, 0.717) is 23.5 Å². The lowest BCUT2D eigenvalue weighted by atomic mass is 10.0. The molecule has 2 aliphatic rings.